The molecule has 0 spiro atoms. The van der Waals surface area contributed by atoms with Crippen LogP contribution in [-0.2, 0) is 0 Å². The second-order valence-electron chi connectivity index (χ2n) is 5.76. The highest BCUT2D eigenvalue weighted by Gasteiger charge is 2.38. The summed E-state index contributed by atoms with van der Waals surface area (Å²) in [4.78, 5) is 16.5. The summed E-state index contributed by atoms with van der Waals surface area (Å²) in [6.45, 7) is 2.87. The van der Waals surface area contributed by atoms with Crippen LogP contribution in [0.5, 0.6) is 0 Å². The fourth-order valence-electron chi connectivity index (χ4n) is 3.10. The SMILES string of the molecule is CN(C)c1ccc(C(=O)N2C[C@@H]3CCN[C@@H]3C2)cc1. The first-order chi connectivity index (χ1) is 9.15. The van der Waals surface area contributed by atoms with E-state index in [1.807, 2.05) is 48.2 Å². The molecule has 3 rings (SSSR count). The van der Waals surface area contributed by atoms with Crippen molar-refractivity contribution in [3.8, 4) is 0 Å². The van der Waals surface area contributed by atoms with E-state index in [-0.39, 0.29) is 5.91 Å². The number of rotatable bonds is 2. The van der Waals surface area contributed by atoms with Crippen LogP contribution < -0.4 is 10.2 Å². The molecular weight excluding hydrogens is 238 g/mol. The average Bonchev–Trinajstić information content (AvgIpc) is 2.98. The van der Waals surface area contributed by atoms with Crippen molar-refractivity contribution in [3.05, 3.63) is 29.8 Å². The molecule has 2 saturated heterocycles. The van der Waals surface area contributed by atoms with E-state index in [9.17, 15) is 4.79 Å². The number of carbonyl (C=O) groups is 1. The van der Waals surface area contributed by atoms with Crippen molar-refractivity contribution in [1.29, 1.82) is 0 Å². The number of hydrogen-bond donors (Lipinski definition) is 1. The van der Waals surface area contributed by atoms with E-state index in [2.05, 4.69) is 5.32 Å². The van der Waals surface area contributed by atoms with Crippen LogP contribution in [0, 0.1) is 5.92 Å². The lowest BCUT2D eigenvalue weighted by atomic mass is 10.1. The van der Waals surface area contributed by atoms with Gasteiger partial charge < -0.3 is 15.1 Å². The van der Waals surface area contributed by atoms with E-state index in [0.29, 0.717) is 12.0 Å². The van der Waals surface area contributed by atoms with E-state index in [4.69, 9.17) is 0 Å². The maximum atomic E-state index is 12.4. The zero-order valence-corrected chi connectivity index (χ0v) is 11.6. The number of hydrogen-bond acceptors (Lipinski definition) is 3. The van der Waals surface area contributed by atoms with Crippen LogP contribution in [0.2, 0.25) is 0 Å². The van der Waals surface area contributed by atoms with Crippen LogP contribution in [0.15, 0.2) is 24.3 Å². The minimum absolute atomic E-state index is 0.168. The molecule has 19 heavy (non-hydrogen) atoms. The molecule has 0 bridgehead atoms. The molecular formula is C15H21N3O. The lowest BCUT2D eigenvalue weighted by Crippen LogP contribution is -2.33. The van der Waals surface area contributed by atoms with Gasteiger partial charge in [0.15, 0.2) is 0 Å². The third-order valence-corrected chi connectivity index (χ3v) is 4.28. The smallest absolute Gasteiger partial charge is 0.253 e. The fourth-order valence-corrected chi connectivity index (χ4v) is 3.10. The third-order valence-electron chi connectivity index (χ3n) is 4.28. The summed E-state index contributed by atoms with van der Waals surface area (Å²) >= 11 is 0. The van der Waals surface area contributed by atoms with E-state index in [0.717, 1.165) is 30.9 Å². The Hall–Kier alpha value is -1.55. The van der Waals surface area contributed by atoms with Crippen molar-refractivity contribution in [2.24, 2.45) is 5.92 Å². The van der Waals surface area contributed by atoms with E-state index < -0.39 is 0 Å². The molecule has 2 aliphatic rings. The highest BCUT2D eigenvalue weighted by molar-refractivity contribution is 5.94. The first-order valence-corrected chi connectivity index (χ1v) is 6.95. The zero-order valence-electron chi connectivity index (χ0n) is 11.6. The lowest BCUT2D eigenvalue weighted by molar-refractivity contribution is 0.0782. The van der Waals surface area contributed by atoms with Gasteiger partial charge in [0.2, 0.25) is 0 Å². The molecule has 1 amide bonds. The largest absolute Gasteiger partial charge is 0.378 e. The summed E-state index contributed by atoms with van der Waals surface area (Å²) in [7, 11) is 4.01. The number of benzene rings is 1. The number of fused-ring (bicyclic) bond motifs is 1. The van der Waals surface area contributed by atoms with Crippen molar-refractivity contribution in [2.75, 3.05) is 38.6 Å². The zero-order chi connectivity index (χ0) is 13.4. The van der Waals surface area contributed by atoms with Gasteiger partial charge in [0.25, 0.3) is 5.91 Å². The second kappa shape index (κ2) is 4.85. The maximum absolute atomic E-state index is 12.4. The van der Waals surface area contributed by atoms with Gasteiger partial charge in [-0.2, -0.15) is 0 Å². The Bertz CT molecular complexity index is 457. The van der Waals surface area contributed by atoms with Crippen LogP contribution in [0.1, 0.15) is 16.8 Å². The van der Waals surface area contributed by atoms with Gasteiger partial charge in [0.1, 0.15) is 0 Å². The monoisotopic (exact) mass is 259 g/mol. The predicted molar refractivity (Wildman–Crippen MR) is 76.6 cm³/mol. The Morgan fingerprint density at radius 3 is 2.63 bits per heavy atom. The summed E-state index contributed by atoms with van der Waals surface area (Å²) < 4.78 is 0. The molecule has 1 N–H and O–H groups in total. The standard InChI is InChI=1S/C15H21N3O/c1-17(2)13-5-3-11(4-6-13)15(19)18-9-12-7-8-16-14(12)10-18/h3-6,12,14,16H,7-10H2,1-2H3/t12-,14+/m0/s1. The first kappa shape index (κ1) is 12.5. The third kappa shape index (κ3) is 2.32. The summed E-state index contributed by atoms with van der Waals surface area (Å²) in [6, 6.07) is 8.38. The Morgan fingerprint density at radius 1 is 1.26 bits per heavy atom. The number of carbonyl (C=O) groups excluding carboxylic acids is 1. The molecule has 1 aromatic carbocycles. The number of likely N-dealkylation sites (tertiary alicyclic amines) is 1. The lowest BCUT2D eigenvalue weighted by Gasteiger charge is -2.18. The molecule has 2 heterocycles. The van der Waals surface area contributed by atoms with E-state index in [1.54, 1.807) is 0 Å². The molecule has 0 unspecified atom stereocenters. The first-order valence-electron chi connectivity index (χ1n) is 6.95. The highest BCUT2D eigenvalue weighted by Crippen LogP contribution is 2.26. The number of nitrogens with one attached hydrogen (secondary N) is 1. The van der Waals surface area contributed by atoms with Gasteiger partial charge in [-0.15, -0.1) is 0 Å². The normalized spacial score (nSPS) is 25.5. The van der Waals surface area contributed by atoms with Gasteiger partial charge in [-0.3, -0.25) is 4.79 Å². The molecule has 0 saturated carbocycles. The fraction of sp³-hybridized carbons (Fsp3) is 0.533. The highest BCUT2D eigenvalue weighted by atomic mass is 16.2. The van der Waals surface area contributed by atoms with E-state index >= 15 is 0 Å². The Kier molecular flexibility index (Phi) is 3.19. The van der Waals surface area contributed by atoms with Crippen molar-refractivity contribution >= 4 is 11.6 Å². The molecule has 1 aromatic rings. The van der Waals surface area contributed by atoms with Gasteiger partial charge in [-0.1, -0.05) is 0 Å². The van der Waals surface area contributed by atoms with Crippen LogP contribution in [0.25, 0.3) is 0 Å². The van der Waals surface area contributed by atoms with Gasteiger partial charge in [-0.25, -0.2) is 0 Å². The Labute approximate surface area is 114 Å². The summed E-state index contributed by atoms with van der Waals surface area (Å²) in [5, 5.41) is 3.48. The van der Waals surface area contributed by atoms with Crippen molar-refractivity contribution in [1.82, 2.24) is 10.2 Å². The van der Waals surface area contributed by atoms with Crippen LogP contribution in [0.4, 0.5) is 5.69 Å². The van der Waals surface area contributed by atoms with E-state index in [1.165, 1.54) is 6.42 Å². The predicted octanol–water partition coefficient (Wildman–Crippen LogP) is 1.19. The minimum Gasteiger partial charge on any atom is -0.378 e. The molecule has 0 aromatic heterocycles. The summed E-state index contributed by atoms with van der Waals surface area (Å²) in [6.07, 6.45) is 1.20. The average molecular weight is 259 g/mol. The summed E-state index contributed by atoms with van der Waals surface area (Å²) in [5.74, 6) is 0.825. The van der Waals surface area contributed by atoms with Gasteiger partial charge in [0.05, 0.1) is 0 Å². The van der Waals surface area contributed by atoms with Crippen molar-refractivity contribution < 1.29 is 4.79 Å². The number of nitrogens with zero attached hydrogens (tertiary/aromatic N) is 2. The molecule has 0 aliphatic carbocycles. The topological polar surface area (TPSA) is 35.6 Å². The number of amides is 1. The van der Waals surface area contributed by atoms with Crippen LogP contribution >= 0.6 is 0 Å². The van der Waals surface area contributed by atoms with Gasteiger partial charge in [0, 0.05) is 44.5 Å². The van der Waals surface area contributed by atoms with Gasteiger partial charge >= 0.3 is 0 Å². The molecule has 2 atom stereocenters. The molecule has 0 radical (unpaired) electrons. The Morgan fingerprint density at radius 2 is 2.00 bits per heavy atom. The molecule has 2 fully saturated rings. The molecule has 4 heteroatoms. The summed E-state index contributed by atoms with van der Waals surface area (Å²) in [5.41, 5.74) is 1.92. The van der Waals surface area contributed by atoms with Crippen LogP contribution in [-0.4, -0.2) is 50.6 Å². The molecule has 2 aliphatic heterocycles. The second-order valence-corrected chi connectivity index (χ2v) is 5.76. The molecule has 4 nitrogen and oxygen atoms in total. The van der Waals surface area contributed by atoms with Crippen molar-refractivity contribution in [3.63, 3.8) is 0 Å². The quantitative estimate of drug-likeness (QED) is 0.866. The Balaban J connectivity index is 1.70. The van der Waals surface area contributed by atoms with Crippen molar-refractivity contribution in [2.45, 2.75) is 12.5 Å². The molecule has 102 valence electrons. The number of anilines is 1. The maximum Gasteiger partial charge on any atom is 0.253 e. The van der Waals surface area contributed by atoms with Crippen LogP contribution in [0.3, 0.4) is 0 Å². The van der Waals surface area contributed by atoms with Gasteiger partial charge in [-0.05, 0) is 43.1 Å². The minimum atomic E-state index is 0.168.